The molecule has 1 aliphatic heterocycles. The fourth-order valence-corrected chi connectivity index (χ4v) is 2.11. The number of aliphatic hydroxyl groups is 1. The molecular weight excluding hydrogens is 254 g/mol. The van der Waals surface area contributed by atoms with E-state index in [-0.39, 0.29) is 24.4 Å². The van der Waals surface area contributed by atoms with Crippen molar-refractivity contribution < 1.29 is 19.4 Å². The highest BCUT2D eigenvalue weighted by Crippen LogP contribution is 2.26. The average molecular weight is 265 g/mol. The van der Waals surface area contributed by atoms with Gasteiger partial charge in [0.05, 0.1) is 11.5 Å². The smallest absolute Gasteiger partial charge is 0.290 e. The van der Waals surface area contributed by atoms with Crippen LogP contribution in [0.2, 0.25) is 0 Å². The van der Waals surface area contributed by atoms with Gasteiger partial charge in [0, 0.05) is 0 Å². The van der Waals surface area contributed by atoms with Crippen molar-refractivity contribution in [1.29, 1.82) is 0 Å². The molecule has 0 saturated carbocycles. The van der Waals surface area contributed by atoms with E-state index < -0.39 is 0 Å². The van der Waals surface area contributed by atoms with E-state index in [1.807, 2.05) is 0 Å². The summed E-state index contributed by atoms with van der Waals surface area (Å²) < 4.78 is 5.25. The van der Waals surface area contributed by atoms with Crippen LogP contribution in [-0.4, -0.2) is 29.5 Å². The Kier molecular flexibility index (Phi) is 4.01. The Bertz CT molecular complexity index is 513. The lowest BCUT2D eigenvalue weighted by Crippen LogP contribution is -2.17. The summed E-state index contributed by atoms with van der Waals surface area (Å²) in [6, 6.07) is 7.07. The number of amides is 2. The summed E-state index contributed by atoms with van der Waals surface area (Å²) in [6.45, 7) is 0.159. The maximum absolute atomic E-state index is 11.4. The molecule has 0 unspecified atom stereocenters. The van der Waals surface area contributed by atoms with Gasteiger partial charge in [0.2, 0.25) is 0 Å². The maximum atomic E-state index is 11.4. The zero-order valence-electron chi connectivity index (χ0n) is 9.38. The molecule has 0 aromatic heterocycles. The zero-order valence-corrected chi connectivity index (χ0v) is 10.2. The SMILES string of the molecule is O=C1NC(=O)/C(=C\c2cccc(OCCO)c2)S1. The summed E-state index contributed by atoms with van der Waals surface area (Å²) in [5, 5.41) is 10.5. The van der Waals surface area contributed by atoms with Gasteiger partial charge in [-0.2, -0.15) is 0 Å². The molecule has 0 radical (unpaired) electrons. The fraction of sp³-hybridized carbons (Fsp3) is 0.167. The molecule has 0 spiro atoms. The first-order valence-electron chi connectivity index (χ1n) is 5.27. The molecule has 0 atom stereocenters. The largest absolute Gasteiger partial charge is 0.491 e. The molecule has 1 aromatic carbocycles. The summed E-state index contributed by atoms with van der Waals surface area (Å²) in [6.07, 6.45) is 1.62. The van der Waals surface area contributed by atoms with Crippen molar-refractivity contribution in [3.8, 4) is 5.75 Å². The third kappa shape index (κ3) is 3.12. The molecule has 2 rings (SSSR count). The van der Waals surface area contributed by atoms with Gasteiger partial charge in [-0.25, -0.2) is 0 Å². The number of aliphatic hydroxyl groups excluding tert-OH is 1. The predicted molar refractivity (Wildman–Crippen MR) is 68.1 cm³/mol. The second-order valence-electron chi connectivity index (χ2n) is 3.50. The highest BCUT2D eigenvalue weighted by Gasteiger charge is 2.24. The minimum atomic E-state index is -0.383. The van der Waals surface area contributed by atoms with Crippen LogP contribution >= 0.6 is 11.8 Å². The summed E-state index contributed by atoms with van der Waals surface area (Å²) in [5.74, 6) is 0.222. The predicted octanol–water partition coefficient (Wildman–Crippen LogP) is 1.38. The van der Waals surface area contributed by atoms with Crippen LogP contribution in [0.1, 0.15) is 5.56 Å². The van der Waals surface area contributed by atoms with Gasteiger partial charge in [0.25, 0.3) is 11.1 Å². The first-order chi connectivity index (χ1) is 8.69. The van der Waals surface area contributed by atoms with Crippen LogP contribution in [0.3, 0.4) is 0 Å². The maximum Gasteiger partial charge on any atom is 0.290 e. The molecule has 6 heteroatoms. The van der Waals surface area contributed by atoms with Gasteiger partial charge >= 0.3 is 0 Å². The molecule has 0 bridgehead atoms. The van der Waals surface area contributed by atoms with Gasteiger partial charge in [-0.3, -0.25) is 14.9 Å². The summed E-state index contributed by atoms with van der Waals surface area (Å²) in [4.78, 5) is 22.7. The molecule has 2 N–H and O–H groups in total. The number of ether oxygens (including phenoxy) is 1. The van der Waals surface area contributed by atoms with Crippen molar-refractivity contribution in [1.82, 2.24) is 5.32 Å². The quantitative estimate of drug-likeness (QED) is 0.804. The lowest BCUT2D eigenvalue weighted by molar-refractivity contribution is -0.115. The first kappa shape index (κ1) is 12.7. The number of hydrogen-bond acceptors (Lipinski definition) is 5. The average Bonchev–Trinajstić information content (AvgIpc) is 2.66. The summed E-state index contributed by atoms with van der Waals surface area (Å²) >= 11 is 0.873. The topological polar surface area (TPSA) is 75.6 Å². The van der Waals surface area contributed by atoms with Gasteiger partial charge in [-0.1, -0.05) is 12.1 Å². The molecule has 18 heavy (non-hydrogen) atoms. The van der Waals surface area contributed by atoms with Crippen LogP contribution in [0.25, 0.3) is 6.08 Å². The Morgan fingerprint density at radius 3 is 2.89 bits per heavy atom. The van der Waals surface area contributed by atoms with Gasteiger partial charge in [0.1, 0.15) is 12.4 Å². The zero-order chi connectivity index (χ0) is 13.0. The molecular formula is C12H11NO4S. The Labute approximate surface area is 108 Å². The Hall–Kier alpha value is -1.79. The number of thioether (sulfide) groups is 1. The van der Waals surface area contributed by atoms with E-state index in [2.05, 4.69) is 5.32 Å². The van der Waals surface area contributed by atoms with Crippen LogP contribution in [0.4, 0.5) is 4.79 Å². The second kappa shape index (κ2) is 5.70. The van der Waals surface area contributed by atoms with Crippen LogP contribution in [0, 0.1) is 0 Å². The number of nitrogens with one attached hydrogen (secondary N) is 1. The molecule has 2 amide bonds. The monoisotopic (exact) mass is 265 g/mol. The van der Waals surface area contributed by atoms with Crippen molar-refractivity contribution in [2.24, 2.45) is 0 Å². The minimum absolute atomic E-state index is 0.0575. The molecule has 1 aromatic rings. The van der Waals surface area contributed by atoms with Gasteiger partial charge in [-0.15, -0.1) is 0 Å². The summed E-state index contributed by atoms with van der Waals surface area (Å²) in [5.41, 5.74) is 0.762. The van der Waals surface area contributed by atoms with Gasteiger partial charge in [0.15, 0.2) is 0 Å². The molecule has 1 heterocycles. The Balaban J connectivity index is 2.16. The number of carbonyl (C=O) groups excluding carboxylic acids is 2. The van der Waals surface area contributed by atoms with Crippen molar-refractivity contribution >= 4 is 29.0 Å². The van der Waals surface area contributed by atoms with E-state index in [1.54, 1.807) is 30.3 Å². The standard InChI is InChI=1S/C12H11NO4S/c14-4-5-17-9-3-1-2-8(6-9)7-10-11(15)13-12(16)18-10/h1-3,6-7,14H,4-5H2,(H,13,15,16)/b10-7+. The van der Waals surface area contributed by atoms with Gasteiger partial charge < -0.3 is 9.84 Å². The first-order valence-corrected chi connectivity index (χ1v) is 6.09. The molecule has 1 saturated heterocycles. The van der Waals surface area contributed by atoms with Crippen molar-refractivity contribution in [3.63, 3.8) is 0 Å². The normalized spacial score (nSPS) is 17.1. The highest BCUT2D eigenvalue weighted by atomic mass is 32.2. The van der Waals surface area contributed by atoms with Crippen molar-refractivity contribution in [2.75, 3.05) is 13.2 Å². The molecule has 1 aliphatic rings. The van der Waals surface area contributed by atoms with Gasteiger partial charge in [-0.05, 0) is 35.5 Å². The van der Waals surface area contributed by atoms with Crippen LogP contribution in [0.15, 0.2) is 29.2 Å². The van der Waals surface area contributed by atoms with Crippen LogP contribution in [0.5, 0.6) is 5.75 Å². The molecule has 5 nitrogen and oxygen atoms in total. The van der Waals surface area contributed by atoms with E-state index in [1.165, 1.54) is 0 Å². The third-order valence-electron chi connectivity index (χ3n) is 2.16. The lowest BCUT2D eigenvalue weighted by Gasteiger charge is -2.04. The molecule has 1 fully saturated rings. The number of rotatable bonds is 4. The lowest BCUT2D eigenvalue weighted by atomic mass is 10.2. The minimum Gasteiger partial charge on any atom is -0.491 e. The molecule has 94 valence electrons. The van der Waals surface area contributed by atoms with Crippen LogP contribution < -0.4 is 10.1 Å². The van der Waals surface area contributed by atoms with E-state index in [0.717, 1.165) is 17.3 Å². The Morgan fingerprint density at radius 1 is 1.39 bits per heavy atom. The fourth-order valence-electron chi connectivity index (χ4n) is 1.43. The summed E-state index contributed by atoms with van der Waals surface area (Å²) in [7, 11) is 0. The highest BCUT2D eigenvalue weighted by molar-refractivity contribution is 8.18. The van der Waals surface area contributed by atoms with E-state index in [9.17, 15) is 9.59 Å². The number of hydrogen-bond donors (Lipinski definition) is 2. The third-order valence-corrected chi connectivity index (χ3v) is 2.97. The number of imide groups is 1. The number of carbonyl (C=O) groups is 2. The van der Waals surface area contributed by atoms with Crippen molar-refractivity contribution in [3.05, 3.63) is 34.7 Å². The Morgan fingerprint density at radius 2 is 2.22 bits per heavy atom. The van der Waals surface area contributed by atoms with Crippen LogP contribution in [-0.2, 0) is 4.79 Å². The van der Waals surface area contributed by atoms with Crippen molar-refractivity contribution in [2.45, 2.75) is 0 Å². The van der Waals surface area contributed by atoms with E-state index >= 15 is 0 Å². The number of benzene rings is 1. The molecule has 0 aliphatic carbocycles. The van der Waals surface area contributed by atoms with E-state index in [0.29, 0.717) is 10.7 Å². The second-order valence-corrected chi connectivity index (χ2v) is 4.51. The van der Waals surface area contributed by atoms with E-state index in [4.69, 9.17) is 9.84 Å².